The molecule has 0 radical (unpaired) electrons. The molecule has 6 N–H and O–H groups in total. The number of nitrogens with two attached hydrogens (primary N) is 1. The first-order chi connectivity index (χ1) is 18.8. The van der Waals surface area contributed by atoms with Crippen LogP contribution in [0, 0.1) is 6.92 Å². The third-order valence-electron chi connectivity index (χ3n) is 5.19. The number of aryl methyl sites for hydroxylation is 1. The van der Waals surface area contributed by atoms with Gasteiger partial charge in [0.25, 0.3) is 0 Å². The number of sulfonamides is 1. The summed E-state index contributed by atoms with van der Waals surface area (Å²) in [6.07, 6.45) is -3.27. The number of aromatic nitrogens is 2. The van der Waals surface area contributed by atoms with E-state index in [0.717, 1.165) is 17.7 Å². The van der Waals surface area contributed by atoms with Gasteiger partial charge in [0.15, 0.2) is 0 Å². The van der Waals surface area contributed by atoms with Crippen LogP contribution < -0.4 is 31.1 Å². The van der Waals surface area contributed by atoms with Gasteiger partial charge in [-0.1, -0.05) is 0 Å². The molecule has 40 heavy (non-hydrogen) atoms. The molecule has 0 saturated carbocycles. The molecule has 0 bridgehead atoms. The fourth-order valence-electron chi connectivity index (χ4n) is 3.40. The zero-order valence-electron chi connectivity index (χ0n) is 20.7. The highest BCUT2D eigenvalue weighted by Gasteiger charge is 2.31. The summed E-state index contributed by atoms with van der Waals surface area (Å²) in [5.74, 6) is 0.333. The molecule has 11 nitrogen and oxygen atoms in total. The predicted octanol–water partition coefficient (Wildman–Crippen LogP) is 5.46. The Morgan fingerprint density at radius 3 is 2.12 bits per heavy atom. The molecule has 0 aliphatic rings. The zero-order valence-corrected chi connectivity index (χ0v) is 21.5. The van der Waals surface area contributed by atoms with Crippen LogP contribution in [0.25, 0.3) is 0 Å². The molecule has 0 aliphatic heterocycles. The Morgan fingerprint density at radius 1 is 0.875 bits per heavy atom. The highest BCUT2D eigenvalue weighted by atomic mass is 32.2. The number of benzene rings is 3. The van der Waals surface area contributed by atoms with E-state index in [1.807, 2.05) is 6.92 Å². The van der Waals surface area contributed by atoms with Crippen molar-refractivity contribution in [2.75, 3.05) is 21.3 Å². The number of urea groups is 1. The van der Waals surface area contributed by atoms with Crippen molar-refractivity contribution in [3.8, 4) is 5.75 Å². The summed E-state index contributed by atoms with van der Waals surface area (Å²) >= 11 is 0. The van der Waals surface area contributed by atoms with E-state index >= 15 is 0 Å². The Balaban J connectivity index is 1.35. The second-order valence-corrected chi connectivity index (χ2v) is 9.83. The molecule has 2 amide bonds. The minimum absolute atomic E-state index is 0.0195. The van der Waals surface area contributed by atoms with E-state index in [9.17, 15) is 26.4 Å². The van der Waals surface area contributed by atoms with Crippen LogP contribution in [0.4, 0.5) is 52.5 Å². The summed E-state index contributed by atoms with van der Waals surface area (Å²) in [5, 5.41) is 16.4. The first-order valence-corrected chi connectivity index (χ1v) is 12.9. The van der Waals surface area contributed by atoms with Crippen molar-refractivity contribution in [1.82, 2.24) is 9.97 Å². The van der Waals surface area contributed by atoms with Crippen LogP contribution in [-0.2, 0) is 10.0 Å². The summed E-state index contributed by atoms with van der Waals surface area (Å²) in [7, 11) is -3.80. The van der Waals surface area contributed by atoms with Crippen LogP contribution in [0.5, 0.6) is 5.75 Å². The maximum atomic E-state index is 12.3. The fourth-order valence-corrected chi connectivity index (χ4v) is 3.91. The van der Waals surface area contributed by atoms with Gasteiger partial charge in [-0.05, 0) is 85.3 Å². The van der Waals surface area contributed by atoms with E-state index in [2.05, 4.69) is 36.0 Å². The van der Waals surface area contributed by atoms with Crippen molar-refractivity contribution in [3.05, 3.63) is 84.6 Å². The topological polar surface area (TPSA) is 160 Å². The SMILES string of the molecule is Cc1cc(NC(=O)Nc2ccc(OC(F)(F)F)cc2)ccc1Nc1ccnc(Nc2ccc(S(N)(=O)=O)cc2)n1. The fraction of sp³-hybridized carbons (Fsp3) is 0.0800. The molecule has 4 aromatic rings. The maximum Gasteiger partial charge on any atom is 0.573 e. The molecule has 0 unspecified atom stereocenters. The van der Waals surface area contributed by atoms with E-state index in [4.69, 9.17) is 5.14 Å². The van der Waals surface area contributed by atoms with Gasteiger partial charge < -0.3 is 26.0 Å². The van der Waals surface area contributed by atoms with Gasteiger partial charge in [0.05, 0.1) is 4.90 Å². The average Bonchev–Trinajstić information content (AvgIpc) is 2.86. The monoisotopic (exact) mass is 573 g/mol. The van der Waals surface area contributed by atoms with Crippen molar-refractivity contribution in [2.24, 2.45) is 5.14 Å². The second-order valence-electron chi connectivity index (χ2n) is 8.27. The first-order valence-electron chi connectivity index (χ1n) is 11.4. The highest BCUT2D eigenvalue weighted by Crippen LogP contribution is 2.26. The first kappa shape index (κ1) is 28.1. The van der Waals surface area contributed by atoms with E-state index in [0.29, 0.717) is 22.9 Å². The molecule has 3 aromatic carbocycles. The van der Waals surface area contributed by atoms with Crippen LogP contribution >= 0.6 is 0 Å². The summed E-state index contributed by atoms with van der Waals surface area (Å²) in [5.41, 5.74) is 2.78. The lowest BCUT2D eigenvalue weighted by Gasteiger charge is -2.13. The minimum Gasteiger partial charge on any atom is -0.406 e. The molecule has 15 heteroatoms. The average molecular weight is 574 g/mol. The van der Waals surface area contributed by atoms with Gasteiger partial charge in [-0.2, -0.15) is 4.98 Å². The maximum absolute atomic E-state index is 12.3. The third-order valence-corrected chi connectivity index (χ3v) is 6.12. The number of halogens is 3. The van der Waals surface area contributed by atoms with Crippen molar-refractivity contribution < 1.29 is 31.1 Å². The van der Waals surface area contributed by atoms with Gasteiger partial charge in [0.2, 0.25) is 16.0 Å². The second kappa shape index (κ2) is 11.5. The molecule has 208 valence electrons. The number of nitrogens with one attached hydrogen (secondary N) is 4. The minimum atomic E-state index is -4.80. The summed E-state index contributed by atoms with van der Waals surface area (Å²) in [6, 6.07) is 16.7. The molecule has 1 aromatic heterocycles. The number of alkyl halides is 3. The van der Waals surface area contributed by atoms with E-state index in [1.165, 1.54) is 42.6 Å². The lowest BCUT2D eigenvalue weighted by Crippen LogP contribution is -2.20. The van der Waals surface area contributed by atoms with Crippen LogP contribution in [0.3, 0.4) is 0 Å². The van der Waals surface area contributed by atoms with Crippen LogP contribution in [0.1, 0.15) is 5.56 Å². The number of carbonyl (C=O) groups excluding carboxylic acids is 1. The molecular formula is C25H22F3N7O4S. The standard InChI is InChI=1S/C25H22F3N7O4S/c1-15-14-18(33-24(36)32-17-2-7-19(8-3-17)39-25(26,27)28)6-11-21(15)34-22-12-13-30-23(35-22)31-16-4-9-20(10-5-16)40(29,37)38/h2-14H,1H3,(H2,29,37,38)(H2,32,33,36)(H2,30,31,34,35). The number of nitrogens with zero attached hydrogens (tertiary/aromatic N) is 2. The molecule has 0 aliphatic carbocycles. The van der Waals surface area contributed by atoms with Crippen molar-refractivity contribution in [3.63, 3.8) is 0 Å². The number of anilines is 6. The summed E-state index contributed by atoms with van der Waals surface area (Å²) in [6.45, 7) is 1.82. The Kier molecular flexibility index (Phi) is 8.06. The quantitative estimate of drug-likeness (QED) is 0.186. The Labute approximate surface area is 226 Å². The van der Waals surface area contributed by atoms with Crippen molar-refractivity contribution in [1.29, 1.82) is 0 Å². The van der Waals surface area contributed by atoms with Crippen molar-refractivity contribution in [2.45, 2.75) is 18.2 Å². The number of primary sulfonamides is 1. The third kappa shape index (κ3) is 8.05. The van der Waals surface area contributed by atoms with Gasteiger partial charge in [0, 0.05) is 28.9 Å². The van der Waals surface area contributed by atoms with E-state index in [1.54, 1.807) is 24.3 Å². The normalized spacial score (nSPS) is 11.4. The number of hydrogen-bond donors (Lipinski definition) is 5. The molecule has 0 fully saturated rings. The lowest BCUT2D eigenvalue weighted by molar-refractivity contribution is -0.274. The van der Waals surface area contributed by atoms with Crippen LogP contribution in [0.2, 0.25) is 0 Å². The van der Waals surface area contributed by atoms with Gasteiger partial charge >= 0.3 is 12.4 Å². The van der Waals surface area contributed by atoms with Gasteiger partial charge in [-0.3, -0.25) is 0 Å². The largest absolute Gasteiger partial charge is 0.573 e. The zero-order chi connectivity index (χ0) is 28.9. The predicted molar refractivity (Wildman–Crippen MR) is 143 cm³/mol. The Morgan fingerprint density at radius 2 is 1.50 bits per heavy atom. The van der Waals surface area contributed by atoms with E-state index in [-0.39, 0.29) is 16.5 Å². The number of carbonyl (C=O) groups is 1. The number of amides is 2. The Hall–Kier alpha value is -4.89. The smallest absolute Gasteiger partial charge is 0.406 e. The molecule has 0 atom stereocenters. The molecule has 1 heterocycles. The molecular weight excluding hydrogens is 551 g/mol. The van der Waals surface area contributed by atoms with Crippen molar-refractivity contribution >= 4 is 50.6 Å². The summed E-state index contributed by atoms with van der Waals surface area (Å²) in [4.78, 5) is 20.9. The van der Waals surface area contributed by atoms with Crippen LogP contribution in [-0.4, -0.2) is 30.8 Å². The van der Waals surface area contributed by atoms with Crippen LogP contribution in [0.15, 0.2) is 83.9 Å². The molecule has 0 saturated heterocycles. The Bertz CT molecular complexity index is 1620. The summed E-state index contributed by atoms with van der Waals surface area (Å²) < 4.78 is 63.5. The molecule has 4 rings (SSSR count). The number of hydrogen-bond acceptors (Lipinski definition) is 8. The molecule has 0 spiro atoms. The number of ether oxygens (including phenoxy) is 1. The number of rotatable bonds is 8. The van der Waals surface area contributed by atoms with Gasteiger partial charge in [-0.15, -0.1) is 13.2 Å². The van der Waals surface area contributed by atoms with E-state index < -0.39 is 28.2 Å². The van der Waals surface area contributed by atoms with Gasteiger partial charge in [0.1, 0.15) is 11.6 Å². The lowest BCUT2D eigenvalue weighted by atomic mass is 10.1. The highest BCUT2D eigenvalue weighted by molar-refractivity contribution is 7.89. The van der Waals surface area contributed by atoms with Gasteiger partial charge in [-0.25, -0.2) is 23.3 Å².